The number of hydrogen-bond donors (Lipinski definition) is 1. The molecular weight excluding hydrogens is 442 g/mol. The third kappa shape index (κ3) is 4.89. The van der Waals surface area contributed by atoms with Gasteiger partial charge in [0.1, 0.15) is 0 Å². The Morgan fingerprint density at radius 3 is 1.89 bits per heavy atom. The number of aromatic nitrogens is 1. The molecule has 0 aliphatic carbocycles. The van der Waals surface area contributed by atoms with Crippen LogP contribution in [0.15, 0.2) is 120 Å². The predicted octanol–water partition coefficient (Wildman–Crippen LogP) is 7.19. The van der Waals surface area contributed by atoms with E-state index in [-0.39, 0.29) is 5.91 Å². The number of carbonyl (C=O) groups excluding carboxylic acids is 1. The van der Waals surface area contributed by atoms with Crippen molar-refractivity contribution in [2.75, 3.05) is 0 Å². The Bertz CT molecular complexity index is 1500. The molecule has 0 unspecified atom stereocenters. The van der Waals surface area contributed by atoms with Crippen LogP contribution in [0.4, 0.5) is 0 Å². The molecule has 5 rings (SSSR count). The molecule has 4 aromatic carbocycles. The lowest BCUT2D eigenvalue weighted by atomic mass is 10.1. The molecule has 4 heteroatoms. The molecule has 5 aromatic rings. The molecule has 36 heavy (non-hydrogen) atoms. The van der Waals surface area contributed by atoms with Crippen molar-refractivity contribution in [1.29, 1.82) is 0 Å². The normalized spacial score (nSPS) is 11.1. The van der Waals surface area contributed by atoms with Crippen molar-refractivity contribution in [3.8, 4) is 28.2 Å². The zero-order valence-corrected chi connectivity index (χ0v) is 20.3. The molecule has 1 aromatic heterocycles. The lowest BCUT2D eigenvalue weighted by Gasteiger charge is -2.15. The van der Waals surface area contributed by atoms with Gasteiger partial charge in [-0.1, -0.05) is 96.1 Å². The highest BCUT2D eigenvalue weighted by molar-refractivity contribution is 5.97. The maximum Gasteiger partial charge on any atom is 0.271 e. The monoisotopic (exact) mass is 469 g/mol. The number of nitrogens with one attached hydrogen (secondary N) is 1. The van der Waals surface area contributed by atoms with Crippen molar-refractivity contribution < 1.29 is 4.79 Å². The number of aryl methyl sites for hydroxylation is 2. The highest BCUT2D eigenvalue weighted by Gasteiger charge is 2.18. The zero-order valence-electron chi connectivity index (χ0n) is 20.3. The summed E-state index contributed by atoms with van der Waals surface area (Å²) >= 11 is 0. The fourth-order valence-corrected chi connectivity index (χ4v) is 4.23. The van der Waals surface area contributed by atoms with Crippen LogP contribution in [-0.2, 0) is 0 Å². The highest BCUT2D eigenvalue weighted by Crippen LogP contribution is 2.35. The average Bonchev–Trinajstić information content (AvgIpc) is 3.30. The Balaban J connectivity index is 1.62. The lowest BCUT2D eigenvalue weighted by molar-refractivity contribution is 0.0955. The molecule has 0 fully saturated rings. The summed E-state index contributed by atoms with van der Waals surface area (Å²) in [5.74, 6) is -0.242. The van der Waals surface area contributed by atoms with Crippen LogP contribution in [0.3, 0.4) is 0 Å². The number of amides is 1. The van der Waals surface area contributed by atoms with Crippen molar-refractivity contribution in [2.24, 2.45) is 5.10 Å². The Hall–Kier alpha value is -4.70. The van der Waals surface area contributed by atoms with Gasteiger partial charge in [-0.25, -0.2) is 5.43 Å². The maximum atomic E-state index is 12.6. The first-order chi connectivity index (χ1) is 17.6. The molecule has 176 valence electrons. The summed E-state index contributed by atoms with van der Waals surface area (Å²) in [6.45, 7) is 4.08. The molecular formula is C32H27N3O. The lowest BCUT2D eigenvalue weighted by Crippen LogP contribution is -2.17. The summed E-state index contributed by atoms with van der Waals surface area (Å²) < 4.78 is 2.26. The molecule has 1 heterocycles. The Labute approximate surface area is 211 Å². The minimum absolute atomic E-state index is 0.242. The molecule has 0 aliphatic rings. The Morgan fingerprint density at radius 2 is 1.28 bits per heavy atom. The van der Waals surface area contributed by atoms with Gasteiger partial charge < -0.3 is 4.57 Å². The maximum absolute atomic E-state index is 12.6. The second kappa shape index (κ2) is 10.3. The summed E-state index contributed by atoms with van der Waals surface area (Å²) in [6, 6.07) is 38.6. The summed E-state index contributed by atoms with van der Waals surface area (Å²) in [6.07, 6.45) is 1.73. The molecule has 1 N–H and O–H groups in total. The van der Waals surface area contributed by atoms with Crippen molar-refractivity contribution in [2.45, 2.75) is 13.8 Å². The Morgan fingerprint density at radius 1 is 0.722 bits per heavy atom. The summed E-state index contributed by atoms with van der Waals surface area (Å²) in [4.78, 5) is 12.6. The zero-order chi connectivity index (χ0) is 24.9. The average molecular weight is 470 g/mol. The number of nitrogens with zero attached hydrogens (tertiary/aromatic N) is 2. The number of rotatable bonds is 6. The fourth-order valence-electron chi connectivity index (χ4n) is 4.23. The molecule has 0 bridgehead atoms. The van der Waals surface area contributed by atoms with Crippen molar-refractivity contribution in [3.05, 3.63) is 138 Å². The fraction of sp³-hybridized carbons (Fsp3) is 0.0625. The molecule has 0 radical (unpaired) electrons. The predicted molar refractivity (Wildman–Crippen MR) is 148 cm³/mol. The van der Waals surface area contributed by atoms with Crippen molar-refractivity contribution in [3.63, 3.8) is 0 Å². The first kappa shape index (κ1) is 23.1. The molecule has 0 spiro atoms. The third-order valence-electron chi connectivity index (χ3n) is 6.12. The highest BCUT2D eigenvalue weighted by atomic mass is 16.2. The molecule has 4 nitrogen and oxygen atoms in total. The topological polar surface area (TPSA) is 46.4 Å². The van der Waals surface area contributed by atoms with Gasteiger partial charge in [0.05, 0.1) is 17.6 Å². The van der Waals surface area contributed by atoms with E-state index in [1.165, 1.54) is 5.56 Å². The van der Waals surface area contributed by atoms with Gasteiger partial charge in [0.15, 0.2) is 0 Å². The van der Waals surface area contributed by atoms with E-state index in [9.17, 15) is 4.79 Å². The second-order valence-electron chi connectivity index (χ2n) is 8.80. The van der Waals surface area contributed by atoms with Gasteiger partial charge in [-0.05, 0) is 55.3 Å². The van der Waals surface area contributed by atoms with Crippen LogP contribution in [0.5, 0.6) is 0 Å². The van der Waals surface area contributed by atoms with Crippen LogP contribution in [0.1, 0.15) is 27.0 Å². The molecule has 0 aliphatic heterocycles. The molecule has 0 saturated carbocycles. The van der Waals surface area contributed by atoms with Crippen molar-refractivity contribution in [1.82, 2.24) is 9.99 Å². The number of hydrazone groups is 1. The van der Waals surface area contributed by atoms with Crippen LogP contribution in [-0.4, -0.2) is 16.7 Å². The smallest absolute Gasteiger partial charge is 0.271 e. The van der Waals surface area contributed by atoms with Crippen LogP contribution < -0.4 is 5.43 Å². The molecule has 0 atom stereocenters. The summed E-state index contributed by atoms with van der Waals surface area (Å²) in [5, 5.41) is 4.34. The standard InChI is InChI=1S/C32H27N3O/c1-23-13-17-27(18-14-23)32(36)34-33-22-28-21-30(25-9-5-3-6-10-25)35(29-19-15-24(2)16-20-29)31(28)26-11-7-4-8-12-26/h3-22H,1-2H3,(H,34,36)/b33-22-. The van der Waals surface area contributed by atoms with E-state index in [1.54, 1.807) is 18.3 Å². The number of carbonyl (C=O) groups is 1. The van der Waals surface area contributed by atoms with Gasteiger partial charge in [-0.3, -0.25) is 4.79 Å². The quantitative estimate of drug-likeness (QED) is 0.208. The minimum Gasteiger partial charge on any atom is -0.309 e. The van der Waals surface area contributed by atoms with Gasteiger partial charge >= 0.3 is 0 Å². The summed E-state index contributed by atoms with van der Waals surface area (Å²) in [5.41, 5.74) is 11.7. The summed E-state index contributed by atoms with van der Waals surface area (Å²) in [7, 11) is 0. The Kier molecular flexibility index (Phi) is 6.59. The van der Waals surface area contributed by atoms with Crippen molar-refractivity contribution >= 4 is 12.1 Å². The first-order valence-electron chi connectivity index (χ1n) is 11.9. The third-order valence-corrected chi connectivity index (χ3v) is 6.12. The van der Waals surface area contributed by atoms with Crippen LogP contribution >= 0.6 is 0 Å². The molecule has 0 saturated heterocycles. The van der Waals surface area contributed by atoms with Crippen LogP contribution in [0.25, 0.3) is 28.2 Å². The first-order valence-corrected chi connectivity index (χ1v) is 11.9. The van der Waals surface area contributed by atoms with E-state index in [0.29, 0.717) is 5.56 Å². The van der Waals surface area contributed by atoms with Gasteiger partial charge in [0.25, 0.3) is 5.91 Å². The van der Waals surface area contributed by atoms with Gasteiger partial charge in [0.2, 0.25) is 0 Å². The van der Waals surface area contributed by atoms with E-state index >= 15 is 0 Å². The second-order valence-corrected chi connectivity index (χ2v) is 8.80. The van der Waals surface area contributed by atoms with Gasteiger partial charge in [0, 0.05) is 16.8 Å². The van der Waals surface area contributed by atoms with Crippen LogP contribution in [0, 0.1) is 13.8 Å². The van der Waals surface area contributed by atoms with E-state index in [1.807, 2.05) is 55.5 Å². The van der Waals surface area contributed by atoms with E-state index < -0.39 is 0 Å². The van der Waals surface area contributed by atoms with Crippen LogP contribution in [0.2, 0.25) is 0 Å². The number of benzene rings is 4. The van der Waals surface area contributed by atoms with E-state index in [4.69, 9.17) is 0 Å². The molecule has 1 amide bonds. The number of hydrogen-bond acceptors (Lipinski definition) is 2. The minimum atomic E-state index is -0.242. The SMILES string of the molecule is Cc1ccc(C(=O)N/N=C\c2cc(-c3ccccc3)n(-c3ccc(C)cc3)c2-c2ccccc2)cc1. The van der Waals surface area contributed by atoms with E-state index in [0.717, 1.165) is 39.3 Å². The van der Waals surface area contributed by atoms with Gasteiger partial charge in [-0.2, -0.15) is 5.10 Å². The largest absolute Gasteiger partial charge is 0.309 e. The van der Waals surface area contributed by atoms with E-state index in [2.05, 4.69) is 76.6 Å². The van der Waals surface area contributed by atoms with Gasteiger partial charge in [-0.15, -0.1) is 0 Å².